The molecule has 76 valence electrons. The van der Waals surface area contributed by atoms with Crippen LogP contribution in [0.15, 0.2) is 34.0 Å². The molecule has 8 heteroatoms. The highest BCUT2D eigenvalue weighted by molar-refractivity contribution is 6.66. The van der Waals surface area contributed by atoms with Crippen molar-refractivity contribution < 1.29 is 9.79 Å². The number of allylic oxidation sites excluding steroid dienone is 1. The molecule has 0 bridgehead atoms. The molecule has 1 aliphatic carbocycles. The molecule has 2 rings (SSSR count). The first-order valence-electron chi connectivity index (χ1n) is 3.92. The molecule has 0 radical (unpaired) electrons. The lowest BCUT2D eigenvalue weighted by Crippen LogP contribution is -2.25. The number of amidine groups is 1. The van der Waals surface area contributed by atoms with E-state index in [1.807, 2.05) is 0 Å². The van der Waals surface area contributed by atoms with E-state index in [0.717, 1.165) is 0 Å². The SMILES string of the molecule is O=[N+]1N=C(Cl)N=C2C=CC([N+](=O)[O-])C=C21. The number of nitroso groups, excluding NO2 is 1. The van der Waals surface area contributed by atoms with Gasteiger partial charge in [-0.25, -0.2) is 4.99 Å². The van der Waals surface area contributed by atoms with Gasteiger partial charge < -0.3 is 0 Å². The highest BCUT2D eigenvalue weighted by atomic mass is 35.5. The van der Waals surface area contributed by atoms with E-state index in [1.54, 1.807) is 0 Å². The van der Waals surface area contributed by atoms with Crippen molar-refractivity contribution in [3.8, 4) is 0 Å². The van der Waals surface area contributed by atoms with Gasteiger partial charge in [-0.1, -0.05) is 0 Å². The Labute approximate surface area is 88.2 Å². The zero-order valence-corrected chi connectivity index (χ0v) is 7.96. The van der Waals surface area contributed by atoms with Crippen LogP contribution in [0.25, 0.3) is 0 Å². The van der Waals surface area contributed by atoms with E-state index in [0.29, 0.717) is 0 Å². The lowest BCUT2D eigenvalue weighted by atomic mass is 10.1. The average Bonchev–Trinajstić information content (AvgIpc) is 2.16. The Morgan fingerprint density at radius 1 is 1.60 bits per heavy atom. The normalized spacial score (nSPS) is 23.9. The third-order valence-corrected chi connectivity index (χ3v) is 2.04. The van der Waals surface area contributed by atoms with E-state index >= 15 is 0 Å². The van der Waals surface area contributed by atoms with Crippen LogP contribution in [-0.4, -0.2) is 26.8 Å². The maximum absolute atomic E-state index is 11.2. The number of fused-ring (bicyclic) bond motifs is 1. The number of halogens is 1. The fourth-order valence-electron chi connectivity index (χ4n) is 1.22. The highest BCUT2D eigenvalue weighted by Gasteiger charge is 2.35. The Bertz CT molecular complexity index is 477. The van der Waals surface area contributed by atoms with Crippen LogP contribution in [0.1, 0.15) is 0 Å². The second-order valence-electron chi connectivity index (χ2n) is 2.83. The van der Waals surface area contributed by atoms with Gasteiger partial charge in [0.25, 0.3) is 11.3 Å². The van der Waals surface area contributed by atoms with Crippen molar-refractivity contribution in [2.75, 3.05) is 0 Å². The summed E-state index contributed by atoms with van der Waals surface area (Å²) in [6.45, 7) is 0. The molecule has 7 nitrogen and oxygen atoms in total. The van der Waals surface area contributed by atoms with Crippen molar-refractivity contribution in [2.45, 2.75) is 6.04 Å². The predicted molar refractivity (Wildman–Crippen MR) is 52.4 cm³/mol. The fourth-order valence-corrected chi connectivity index (χ4v) is 1.38. The highest BCUT2D eigenvalue weighted by Crippen LogP contribution is 2.17. The number of hydrogen-bond acceptors (Lipinski definition) is 4. The summed E-state index contributed by atoms with van der Waals surface area (Å²) in [5.74, 6) is 0. The number of aliphatic imine (C=N–C) groups is 1. The number of rotatable bonds is 1. The number of nitro groups is 1. The van der Waals surface area contributed by atoms with Crippen LogP contribution in [0.3, 0.4) is 0 Å². The van der Waals surface area contributed by atoms with Gasteiger partial charge >= 0.3 is 5.70 Å². The molecule has 0 saturated heterocycles. The minimum atomic E-state index is -1.03. The largest absolute Gasteiger partial charge is 0.323 e. The first-order chi connectivity index (χ1) is 7.08. The Morgan fingerprint density at radius 3 is 3.00 bits per heavy atom. The van der Waals surface area contributed by atoms with Crippen molar-refractivity contribution in [3.63, 3.8) is 0 Å². The van der Waals surface area contributed by atoms with Crippen LogP contribution in [-0.2, 0) is 0 Å². The minimum Gasteiger partial charge on any atom is -0.264 e. The molecular formula is C7H4ClN4O3+. The van der Waals surface area contributed by atoms with E-state index in [-0.39, 0.29) is 21.6 Å². The molecule has 1 aliphatic heterocycles. The Hall–Kier alpha value is -1.89. The molecule has 0 aromatic rings. The molecule has 0 aromatic carbocycles. The zero-order chi connectivity index (χ0) is 11.0. The van der Waals surface area contributed by atoms with Crippen LogP contribution in [0, 0.1) is 15.0 Å². The van der Waals surface area contributed by atoms with Crippen LogP contribution in [0.4, 0.5) is 0 Å². The molecule has 0 fully saturated rings. The standard InChI is InChI=1S/C7H4ClN4O3/c8-7-9-5-2-1-4(12(14)15)3-6(5)11(13)10-7/h1-4H/q+1. The quantitative estimate of drug-likeness (QED) is 0.288. The topological polar surface area (TPSA) is 87.9 Å². The molecule has 2 aliphatic rings. The first-order valence-corrected chi connectivity index (χ1v) is 4.29. The van der Waals surface area contributed by atoms with Gasteiger partial charge in [0.05, 0.1) is 16.1 Å². The summed E-state index contributed by atoms with van der Waals surface area (Å²) in [6, 6.07) is -1.03. The Balaban J connectivity index is 2.42. The number of hydrogen-bond donors (Lipinski definition) is 0. The van der Waals surface area contributed by atoms with Gasteiger partial charge in [0.1, 0.15) is 5.71 Å². The molecule has 0 N–H and O–H groups in total. The Kier molecular flexibility index (Phi) is 2.16. The van der Waals surface area contributed by atoms with Gasteiger partial charge in [-0.15, -0.1) is 0 Å². The smallest absolute Gasteiger partial charge is 0.264 e. The Morgan fingerprint density at radius 2 is 2.33 bits per heavy atom. The molecule has 0 saturated carbocycles. The van der Waals surface area contributed by atoms with Crippen molar-refractivity contribution in [3.05, 3.63) is 38.9 Å². The van der Waals surface area contributed by atoms with Crippen molar-refractivity contribution in [1.29, 1.82) is 0 Å². The van der Waals surface area contributed by atoms with Crippen molar-refractivity contribution in [2.24, 2.45) is 10.1 Å². The second kappa shape index (κ2) is 3.35. The molecule has 1 unspecified atom stereocenters. The summed E-state index contributed by atoms with van der Waals surface area (Å²) in [5, 5.41) is 13.6. The minimum absolute atomic E-state index is 0.0450. The van der Waals surface area contributed by atoms with E-state index in [4.69, 9.17) is 11.6 Å². The molecule has 1 heterocycles. The van der Waals surface area contributed by atoms with Crippen molar-refractivity contribution >= 4 is 22.6 Å². The van der Waals surface area contributed by atoms with Gasteiger partial charge in [0.2, 0.25) is 0 Å². The summed E-state index contributed by atoms with van der Waals surface area (Å²) in [5.41, 5.74) is 0.326. The number of nitrogens with zero attached hydrogens (tertiary/aromatic N) is 4. The first kappa shape index (κ1) is 9.66. The van der Waals surface area contributed by atoms with Gasteiger partial charge in [0.15, 0.2) is 4.87 Å². The fraction of sp³-hybridized carbons (Fsp3) is 0.143. The van der Waals surface area contributed by atoms with Crippen LogP contribution >= 0.6 is 11.6 Å². The summed E-state index contributed by atoms with van der Waals surface area (Å²) < 4.78 is 0. The van der Waals surface area contributed by atoms with Crippen LogP contribution in [0.2, 0.25) is 0 Å². The van der Waals surface area contributed by atoms with E-state index < -0.39 is 11.0 Å². The summed E-state index contributed by atoms with van der Waals surface area (Å²) >= 11 is 5.46. The van der Waals surface area contributed by atoms with E-state index in [9.17, 15) is 15.0 Å². The maximum atomic E-state index is 11.2. The maximum Gasteiger partial charge on any atom is 0.323 e. The molecule has 15 heavy (non-hydrogen) atoms. The van der Waals surface area contributed by atoms with Gasteiger partial charge in [0, 0.05) is 4.92 Å². The number of hydrazone groups is 1. The molecule has 1 atom stereocenters. The van der Waals surface area contributed by atoms with Gasteiger partial charge in [-0.05, 0) is 23.8 Å². The van der Waals surface area contributed by atoms with Gasteiger partial charge in [-0.2, -0.15) is 0 Å². The third-order valence-electron chi connectivity index (χ3n) is 1.88. The second-order valence-corrected chi connectivity index (χ2v) is 3.16. The zero-order valence-electron chi connectivity index (χ0n) is 7.20. The van der Waals surface area contributed by atoms with Crippen LogP contribution in [0.5, 0.6) is 0 Å². The summed E-state index contributed by atoms with van der Waals surface area (Å²) in [6.07, 6.45) is 3.88. The monoisotopic (exact) mass is 227 g/mol. The molecule has 0 amide bonds. The molecular weight excluding hydrogens is 224 g/mol. The van der Waals surface area contributed by atoms with E-state index in [1.165, 1.54) is 18.2 Å². The molecule has 0 spiro atoms. The van der Waals surface area contributed by atoms with Gasteiger partial charge in [-0.3, -0.25) is 10.1 Å². The van der Waals surface area contributed by atoms with Crippen LogP contribution < -0.4 is 0 Å². The third kappa shape index (κ3) is 1.68. The lowest BCUT2D eigenvalue weighted by molar-refractivity contribution is -0.511. The van der Waals surface area contributed by atoms with E-state index in [2.05, 4.69) is 10.1 Å². The lowest BCUT2D eigenvalue weighted by Gasteiger charge is -2.06. The summed E-state index contributed by atoms with van der Waals surface area (Å²) in [4.78, 5) is 25.2. The van der Waals surface area contributed by atoms with Crippen molar-refractivity contribution in [1.82, 2.24) is 0 Å². The predicted octanol–water partition coefficient (Wildman–Crippen LogP) is 0.829. The molecule has 0 aromatic heterocycles. The summed E-state index contributed by atoms with van der Waals surface area (Å²) in [7, 11) is 0. The average molecular weight is 228 g/mol.